The molecule has 0 bridgehead atoms. The molecule has 6 heteroatoms. The minimum absolute atomic E-state index is 0. The molecular weight excluding hydrogens is 294 g/mol. The standard InChI is InChI=1S/C14H17N3OS.ClH/c1-2-4-13-12(3-1)15-14(16-5-7-18-8-6-16)17(13)11-9-19-10-11;/h1-4,11H,5-10H2;1H. The molecule has 1 aromatic heterocycles. The summed E-state index contributed by atoms with van der Waals surface area (Å²) >= 11 is 2.02. The number of aromatic nitrogens is 2. The highest BCUT2D eigenvalue weighted by molar-refractivity contribution is 8.00. The van der Waals surface area contributed by atoms with Gasteiger partial charge in [-0.3, -0.25) is 0 Å². The van der Waals surface area contributed by atoms with Crippen molar-refractivity contribution in [2.75, 3.05) is 42.7 Å². The van der Waals surface area contributed by atoms with Crippen molar-refractivity contribution in [3.05, 3.63) is 24.3 Å². The van der Waals surface area contributed by atoms with Crippen molar-refractivity contribution in [3.8, 4) is 0 Å². The van der Waals surface area contributed by atoms with Crippen LogP contribution in [0.4, 0.5) is 5.95 Å². The number of imidazole rings is 1. The zero-order valence-corrected chi connectivity index (χ0v) is 12.8. The summed E-state index contributed by atoms with van der Waals surface area (Å²) in [6.07, 6.45) is 0. The number of halogens is 1. The Bertz CT molecular complexity index is 593. The Hall–Kier alpha value is -0.910. The minimum atomic E-state index is 0. The summed E-state index contributed by atoms with van der Waals surface area (Å²) in [7, 11) is 0. The molecule has 0 amide bonds. The zero-order valence-electron chi connectivity index (χ0n) is 11.2. The second kappa shape index (κ2) is 5.84. The van der Waals surface area contributed by atoms with Crippen LogP contribution in [0, 0.1) is 0 Å². The summed E-state index contributed by atoms with van der Waals surface area (Å²) in [5.41, 5.74) is 2.38. The molecule has 4 nitrogen and oxygen atoms in total. The summed E-state index contributed by atoms with van der Waals surface area (Å²) in [5, 5.41) is 0. The van der Waals surface area contributed by atoms with Gasteiger partial charge in [0.05, 0.1) is 30.3 Å². The normalized spacial score (nSPS) is 19.7. The average molecular weight is 312 g/mol. The van der Waals surface area contributed by atoms with Crippen LogP contribution in [0.25, 0.3) is 11.0 Å². The Morgan fingerprint density at radius 3 is 2.60 bits per heavy atom. The van der Waals surface area contributed by atoms with Gasteiger partial charge in [0.15, 0.2) is 0 Å². The predicted octanol–water partition coefficient (Wildman–Crippen LogP) is 2.58. The maximum absolute atomic E-state index is 5.45. The fourth-order valence-electron chi connectivity index (χ4n) is 2.75. The molecule has 0 saturated carbocycles. The van der Waals surface area contributed by atoms with E-state index in [9.17, 15) is 0 Å². The largest absolute Gasteiger partial charge is 0.378 e. The molecule has 0 unspecified atom stereocenters. The topological polar surface area (TPSA) is 30.3 Å². The third-order valence-electron chi connectivity index (χ3n) is 3.86. The van der Waals surface area contributed by atoms with Gasteiger partial charge in [-0.25, -0.2) is 4.98 Å². The Labute approximate surface area is 128 Å². The number of morpholine rings is 1. The Morgan fingerprint density at radius 2 is 1.90 bits per heavy atom. The number of thioether (sulfide) groups is 1. The van der Waals surface area contributed by atoms with Crippen molar-refractivity contribution >= 4 is 41.2 Å². The van der Waals surface area contributed by atoms with Crippen LogP contribution in [0.1, 0.15) is 6.04 Å². The first-order chi connectivity index (χ1) is 9.43. The van der Waals surface area contributed by atoms with E-state index in [1.807, 2.05) is 11.8 Å². The number of hydrogen-bond donors (Lipinski definition) is 0. The maximum atomic E-state index is 5.45. The first kappa shape index (κ1) is 14.0. The van der Waals surface area contributed by atoms with Gasteiger partial charge in [-0.05, 0) is 12.1 Å². The van der Waals surface area contributed by atoms with Gasteiger partial charge in [0.25, 0.3) is 0 Å². The smallest absolute Gasteiger partial charge is 0.207 e. The summed E-state index contributed by atoms with van der Waals surface area (Å²) in [6, 6.07) is 9.08. The molecule has 2 saturated heterocycles. The first-order valence-corrected chi connectivity index (χ1v) is 7.96. The summed E-state index contributed by atoms with van der Waals surface area (Å²) in [5.74, 6) is 3.55. The summed E-state index contributed by atoms with van der Waals surface area (Å²) < 4.78 is 7.89. The number of hydrogen-bond acceptors (Lipinski definition) is 4. The van der Waals surface area contributed by atoms with E-state index >= 15 is 0 Å². The van der Waals surface area contributed by atoms with E-state index in [1.54, 1.807) is 0 Å². The zero-order chi connectivity index (χ0) is 12.7. The van der Waals surface area contributed by atoms with E-state index in [-0.39, 0.29) is 12.4 Å². The van der Waals surface area contributed by atoms with E-state index in [0.29, 0.717) is 6.04 Å². The molecule has 2 aliphatic rings. The molecule has 1 aromatic carbocycles. The molecule has 0 atom stereocenters. The average Bonchev–Trinajstić information content (AvgIpc) is 2.78. The third kappa shape index (κ3) is 2.28. The van der Waals surface area contributed by atoms with Crippen LogP contribution in [-0.4, -0.2) is 47.4 Å². The van der Waals surface area contributed by atoms with Crippen molar-refractivity contribution in [3.63, 3.8) is 0 Å². The monoisotopic (exact) mass is 311 g/mol. The molecule has 3 heterocycles. The summed E-state index contributed by atoms with van der Waals surface area (Å²) in [4.78, 5) is 7.23. The second-order valence-corrected chi connectivity index (χ2v) is 6.14. The first-order valence-electron chi connectivity index (χ1n) is 6.81. The second-order valence-electron chi connectivity index (χ2n) is 5.06. The molecule has 108 valence electrons. The van der Waals surface area contributed by atoms with E-state index in [2.05, 4.69) is 33.7 Å². The van der Waals surface area contributed by atoms with Crippen molar-refractivity contribution in [1.82, 2.24) is 9.55 Å². The van der Waals surface area contributed by atoms with Crippen molar-refractivity contribution in [2.45, 2.75) is 6.04 Å². The van der Waals surface area contributed by atoms with Crippen molar-refractivity contribution < 1.29 is 4.74 Å². The SMILES string of the molecule is Cl.c1ccc2c(c1)nc(N1CCOCC1)n2C1CSC1. The fourth-order valence-corrected chi connectivity index (χ4v) is 3.50. The fraction of sp³-hybridized carbons (Fsp3) is 0.500. The number of anilines is 1. The molecule has 2 aromatic rings. The van der Waals surface area contributed by atoms with Gasteiger partial charge in [-0.2, -0.15) is 11.8 Å². The molecule has 0 aliphatic carbocycles. The van der Waals surface area contributed by atoms with Crippen LogP contribution in [0.15, 0.2) is 24.3 Å². The lowest BCUT2D eigenvalue weighted by Gasteiger charge is -2.33. The quantitative estimate of drug-likeness (QED) is 0.853. The lowest BCUT2D eigenvalue weighted by atomic mass is 10.3. The molecule has 20 heavy (non-hydrogen) atoms. The predicted molar refractivity (Wildman–Crippen MR) is 86.4 cm³/mol. The lowest BCUT2D eigenvalue weighted by molar-refractivity contribution is 0.121. The van der Waals surface area contributed by atoms with E-state index in [0.717, 1.165) is 37.8 Å². The van der Waals surface area contributed by atoms with Crippen LogP contribution < -0.4 is 4.90 Å². The molecular formula is C14H18ClN3OS. The maximum Gasteiger partial charge on any atom is 0.207 e. The number of ether oxygens (including phenoxy) is 1. The van der Waals surface area contributed by atoms with E-state index in [1.165, 1.54) is 17.0 Å². The van der Waals surface area contributed by atoms with Crippen molar-refractivity contribution in [2.24, 2.45) is 0 Å². The van der Waals surface area contributed by atoms with Gasteiger partial charge in [-0.15, -0.1) is 12.4 Å². The summed E-state index contributed by atoms with van der Waals surface area (Å²) in [6.45, 7) is 3.51. The van der Waals surface area contributed by atoms with Gasteiger partial charge in [0.2, 0.25) is 5.95 Å². The number of fused-ring (bicyclic) bond motifs is 1. The number of para-hydroxylation sites is 2. The van der Waals surface area contributed by atoms with Gasteiger partial charge >= 0.3 is 0 Å². The molecule has 2 fully saturated rings. The van der Waals surface area contributed by atoms with Crippen molar-refractivity contribution in [1.29, 1.82) is 0 Å². The third-order valence-corrected chi connectivity index (χ3v) is 5.10. The van der Waals surface area contributed by atoms with Crippen LogP contribution in [-0.2, 0) is 4.74 Å². The molecule has 0 radical (unpaired) electrons. The molecule has 0 N–H and O–H groups in total. The highest BCUT2D eigenvalue weighted by Gasteiger charge is 2.28. The van der Waals surface area contributed by atoms with Gasteiger partial charge in [0.1, 0.15) is 0 Å². The number of benzene rings is 1. The lowest BCUT2D eigenvalue weighted by Crippen LogP contribution is -2.39. The number of nitrogens with zero attached hydrogens (tertiary/aromatic N) is 3. The molecule has 2 aliphatic heterocycles. The molecule has 0 spiro atoms. The minimum Gasteiger partial charge on any atom is -0.378 e. The Balaban J connectivity index is 0.00000121. The van der Waals surface area contributed by atoms with Crippen LogP contribution >= 0.6 is 24.2 Å². The van der Waals surface area contributed by atoms with Gasteiger partial charge in [0, 0.05) is 24.6 Å². The van der Waals surface area contributed by atoms with Gasteiger partial charge < -0.3 is 14.2 Å². The van der Waals surface area contributed by atoms with Crippen LogP contribution in [0.2, 0.25) is 0 Å². The Morgan fingerprint density at radius 1 is 1.15 bits per heavy atom. The highest BCUT2D eigenvalue weighted by atomic mass is 35.5. The number of rotatable bonds is 2. The van der Waals surface area contributed by atoms with Gasteiger partial charge in [-0.1, -0.05) is 12.1 Å². The highest BCUT2D eigenvalue weighted by Crippen LogP contribution is 2.36. The van der Waals surface area contributed by atoms with E-state index < -0.39 is 0 Å². The van der Waals surface area contributed by atoms with Crippen LogP contribution in [0.5, 0.6) is 0 Å². The molecule has 4 rings (SSSR count). The van der Waals surface area contributed by atoms with Crippen LogP contribution in [0.3, 0.4) is 0 Å². The Kier molecular flexibility index (Phi) is 4.10. The van der Waals surface area contributed by atoms with E-state index in [4.69, 9.17) is 9.72 Å².